The topological polar surface area (TPSA) is 93.8 Å². The monoisotopic (exact) mass is 459 g/mol. The molecule has 0 aliphatic carbocycles. The van der Waals surface area contributed by atoms with Crippen LogP contribution in [0.1, 0.15) is 22.3 Å². The molecule has 2 heterocycles. The van der Waals surface area contributed by atoms with E-state index >= 15 is 0 Å². The smallest absolute Gasteiger partial charge is 0.166 e. The highest BCUT2D eigenvalue weighted by atomic mass is 16.1. The molecular formula is C29H25N5O. The third-order valence-electron chi connectivity index (χ3n) is 5.92. The molecule has 0 amide bonds. The Balaban J connectivity index is 1.30. The number of pyridine rings is 1. The molecule has 0 fully saturated rings. The van der Waals surface area contributed by atoms with E-state index in [-0.39, 0.29) is 5.78 Å². The van der Waals surface area contributed by atoms with Gasteiger partial charge in [-0.05, 0) is 29.3 Å². The molecule has 0 spiro atoms. The third kappa shape index (κ3) is 5.08. The number of fused-ring (bicyclic) bond motifs is 1. The zero-order valence-electron chi connectivity index (χ0n) is 19.2. The van der Waals surface area contributed by atoms with E-state index < -0.39 is 0 Å². The SMILES string of the molecule is Nc1ccccc1C(=O)CCNCc1ccc(-c2nc3ncncc3cc2-c2ccccc2)cc1. The van der Waals surface area contributed by atoms with Crippen molar-refractivity contribution in [2.45, 2.75) is 13.0 Å². The summed E-state index contributed by atoms with van der Waals surface area (Å²) in [5, 5.41) is 4.25. The van der Waals surface area contributed by atoms with Gasteiger partial charge in [-0.1, -0.05) is 66.7 Å². The standard InChI is InChI=1S/C29H25N5O/c30-26-9-5-4-8-24(26)27(35)14-15-31-17-20-10-12-22(13-11-20)28-25(21-6-2-1-3-7-21)16-23-18-32-19-33-29(23)34-28/h1-13,16,18-19,31H,14-15,17,30H2. The molecule has 0 bridgehead atoms. The quantitative estimate of drug-likeness (QED) is 0.186. The zero-order valence-corrected chi connectivity index (χ0v) is 19.2. The lowest BCUT2D eigenvalue weighted by atomic mass is 9.98. The van der Waals surface area contributed by atoms with Crippen LogP contribution in [0.4, 0.5) is 5.69 Å². The Hall–Kier alpha value is -4.42. The molecule has 3 N–H and O–H groups in total. The number of para-hydroxylation sites is 1. The Morgan fingerprint density at radius 1 is 0.886 bits per heavy atom. The fraction of sp³-hybridized carbons (Fsp3) is 0.103. The van der Waals surface area contributed by atoms with Crippen LogP contribution in [0.15, 0.2) is 97.5 Å². The molecule has 0 aliphatic heterocycles. The number of hydrogen-bond acceptors (Lipinski definition) is 6. The number of aromatic nitrogens is 3. The van der Waals surface area contributed by atoms with Gasteiger partial charge in [0.15, 0.2) is 11.4 Å². The molecule has 5 rings (SSSR count). The maximum absolute atomic E-state index is 12.4. The van der Waals surface area contributed by atoms with Crippen LogP contribution in [0.3, 0.4) is 0 Å². The fourth-order valence-electron chi connectivity index (χ4n) is 4.08. The molecule has 35 heavy (non-hydrogen) atoms. The van der Waals surface area contributed by atoms with E-state index in [0.29, 0.717) is 36.4 Å². The van der Waals surface area contributed by atoms with Crippen molar-refractivity contribution in [3.63, 3.8) is 0 Å². The first-order valence-corrected chi connectivity index (χ1v) is 11.5. The summed E-state index contributed by atoms with van der Waals surface area (Å²) in [4.78, 5) is 25.7. The van der Waals surface area contributed by atoms with Gasteiger partial charge in [-0.3, -0.25) is 4.79 Å². The van der Waals surface area contributed by atoms with Crippen LogP contribution in [0.5, 0.6) is 0 Å². The average molecular weight is 460 g/mol. The van der Waals surface area contributed by atoms with Crippen LogP contribution in [0, 0.1) is 0 Å². The van der Waals surface area contributed by atoms with Gasteiger partial charge < -0.3 is 11.1 Å². The number of rotatable bonds is 8. The van der Waals surface area contributed by atoms with Gasteiger partial charge in [-0.25, -0.2) is 15.0 Å². The Labute approximate surface area is 203 Å². The van der Waals surface area contributed by atoms with Gasteiger partial charge in [0.1, 0.15) is 6.33 Å². The largest absolute Gasteiger partial charge is 0.398 e. The number of benzene rings is 3. The summed E-state index contributed by atoms with van der Waals surface area (Å²) in [6.07, 6.45) is 3.71. The lowest BCUT2D eigenvalue weighted by molar-refractivity contribution is 0.0983. The summed E-state index contributed by atoms with van der Waals surface area (Å²) >= 11 is 0. The van der Waals surface area contributed by atoms with Crippen LogP contribution in [0.2, 0.25) is 0 Å². The molecule has 6 nitrogen and oxygen atoms in total. The molecular weight excluding hydrogens is 434 g/mol. The van der Waals surface area contributed by atoms with Crippen LogP contribution < -0.4 is 11.1 Å². The van der Waals surface area contributed by atoms with Gasteiger partial charge in [-0.2, -0.15) is 0 Å². The normalized spacial score (nSPS) is 11.0. The predicted molar refractivity (Wildman–Crippen MR) is 140 cm³/mol. The molecule has 0 aliphatic rings. The highest BCUT2D eigenvalue weighted by Crippen LogP contribution is 2.32. The predicted octanol–water partition coefficient (Wildman–Crippen LogP) is 5.30. The number of nitrogens with one attached hydrogen (secondary N) is 1. The Morgan fingerprint density at radius 2 is 1.66 bits per heavy atom. The van der Waals surface area contributed by atoms with E-state index in [2.05, 4.69) is 57.7 Å². The average Bonchev–Trinajstić information content (AvgIpc) is 2.91. The summed E-state index contributed by atoms with van der Waals surface area (Å²) in [5.74, 6) is 0.0468. The van der Waals surface area contributed by atoms with Gasteiger partial charge in [0, 0.05) is 53.5 Å². The number of nitrogen functional groups attached to an aromatic ring is 1. The van der Waals surface area contributed by atoms with Crippen molar-refractivity contribution in [3.05, 3.63) is 109 Å². The Kier molecular flexibility index (Phi) is 6.55. The summed E-state index contributed by atoms with van der Waals surface area (Å²) < 4.78 is 0. The first kappa shape index (κ1) is 22.4. The van der Waals surface area contributed by atoms with Crippen LogP contribution in [-0.2, 0) is 6.54 Å². The molecule has 0 radical (unpaired) electrons. The number of Topliss-reactive ketones (excluding diaryl/α,β-unsaturated/α-hetero) is 1. The molecule has 0 saturated heterocycles. The van der Waals surface area contributed by atoms with E-state index in [1.807, 2.05) is 30.3 Å². The fourth-order valence-corrected chi connectivity index (χ4v) is 4.08. The number of ketones is 1. The van der Waals surface area contributed by atoms with Gasteiger partial charge in [0.25, 0.3) is 0 Å². The molecule has 172 valence electrons. The van der Waals surface area contributed by atoms with Crippen molar-refractivity contribution in [2.75, 3.05) is 12.3 Å². The van der Waals surface area contributed by atoms with Crippen molar-refractivity contribution >= 4 is 22.5 Å². The van der Waals surface area contributed by atoms with Gasteiger partial charge in [0.2, 0.25) is 0 Å². The van der Waals surface area contributed by atoms with Crippen molar-refractivity contribution in [3.8, 4) is 22.4 Å². The van der Waals surface area contributed by atoms with E-state index in [4.69, 9.17) is 10.7 Å². The molecule has 5 aromatic rings. The molecule has 3 aromatic carbocycles. The molecule has 2 aromatic heterocycles. The lowest BCUT2D eigenvalue weighted by Gasteiger charge is -2.12. The second kappa shape index (κ2) is 10.2. The lowest BCUT2D eigenvalue weighted by Crippen LogP contribution is -2.18. The van der Waals surface area contributed by atoms with Gasteiger partial charge in [-0.15, -0.1) is 0 Å². The summed E-state index contributed by atoms with van der Waals surface area (Å²) in [6, 6.07) is 27.8. The van der Waals surface area contributed by atoms with Gasteiger partial charge in [0.05, 0.1) is 5.69 Å². The van der Waals surface area contributed by atoms with Crippen molar-refractivity contribution in [2.24, 2.45) is 0 Å². The van der Waals surface area contributed by atoms with E-state index in [0.717, 1.165) is 33.3 Å². The van der Waals surface area contributed by atoms with Crippen molar-refractivity contribution < 1.29 is 4.79 Å². The Bertz CT molecular complexity index is 1470. The maximum atomic E-state index is 12.4. The minimum atomic E-state index is 0.0468. The first-order chi connectivity index (χ1) is 17.2. The number of carbonyl (C=O) groups is 1. The van der Waals surface area contributed by atoms with Crippen molar-refractivity contribution in [1.82, 2.24) is 20.3 Å². The summed E-state index contributed by atoms with van der Waals surface area (Å²) in [6.45, 7) is 1.25. The number of hydrogen-bond donors (Lipinski definition) is 2. The number of anilines is 1. The summed E-state index contributed by atoms with van der Waals surface area (Å²) in [5.41, 5.74) is 12.8. The summed E-state index contributed by atoms with van der Waals surface area (Å²) in [7, 11) is 0. The van der Waals surface area contributed by atoms with E-state index in [1.165, 1.54) is 6.33 Å². The van der Waals surface area contributed by atoms with E-state index in [9.17, 15) is 4.79 Å². The number of nitrogens with two attached hydrogens (primary N) is 1. The first-order valence-electron chi connectivity index (χ1n) is 11.5. The van der Waals surface area contributed by atoms with E-state index in [1.54, 1.807) is 18.3 Å². The number of carbonyl (C=O) groups excluding carboxylic acids is 1. The molecule has 6 heteroatoms. The van der Waals surface area contributed by atoms with Crippen LogP contribution in [0.25, 0.3) is 33.4 Å². The maximum Gasteiger partial charge on any atom is 0.166 e. The third-order valence-corrected chi connectivity index (χ3v) is 5.92. The Morgan fingerprint density at radius 3 is 2.46 bits per heavy atom. The minimum Gasteiger partial charge on any atom is -0.398 e. The second-order valence-electron chi connectivity index (χ2n) is 8.32. The minimum absolute atomic E-state index is 0.0468. The number of nitrogens with zero attached hydrogens (tertiary/aromatic N) is 3. The highest BCUT2D eigenvalue weighted by Gasteiger charge is 2.12. The van der Waals surface area contributed by atoms with Gasteiger partial charge >= 0.3 is 0 Å². The molecule has 0 unspecified atom stereocenters. The molecule has 0 atom stereocenters. The highest BCUT2D eigenvalue weighted by molar-refractivity contribution is 6.00. The van der Waals surface area contributed by atoms with Crippen LogP contribution >= 0.6 is 0 Å². The zero-order chi connectivity index (χ0) is 24.0. The molecule has 0 saturated carbocycles. The van der Waals surface area contributed by atoms with Crippen LogP contribution in [-0.4, -0.2) is 27.3 Å². The second-order valence-corrected chi connectivity index (χ2v) is 8.32. The van der Waals surface area contributed by atoms with Crippen molar-refractivity contribution in [1.29, 1.82) is 0 Å².